The lowest BCUT2D eigenvalue weighted by atomic mass is 10.1. The lowest BCUT2D eigenvalue weighted by molar-refractivity contribution is -0.684. The first-order chi connectivity index (χ1) is 15.5. The van der Waals surface area contributed by atoms with Crippen LogP contribution in [0.15, 0.2) is 48.8 Å². The number of halogens is 1. The number of ether oxygens (including phenoxy) is 2. The van der Waals surface area contributed by atoms with E-state index in [1.165, 1.54) is 11.3 Å². The van der Waals surface area contributed by atoms with Gasteiger partial charge in [-0.2, -0.15) is 4.57 Å². The number of nitrogens with one attached hydrogen (secondary N) is 1. The number of hydrogen-bond donors (Lipinski definition) is 1. The van der Waals surface area contributed by atoms with E-state index in [2.05, 4.69) is 20.6 Å². The van der Waals surface area contributed by atoms with Gasteiger partial charge in [0.2, 0.25) is 0 Å². The minimum absolute atomic E-state index is 0.198. The Kier molecular flexibility index (Phi) is 6.33. The molecule has 0 aliphatic carbocycles. The van der Waals surface area contributed by atoms with Crippen LogP contribution in [0.2, 0.25) is 4.34 Å². The van der Waals surface area contributed by atoms with Crippen LogP contribution in [-0.2, 0) is 13.6 Å². The molecule has 3 heterocycles. The molecule has 0 aliphatic heterocycles. The monoisotopic (exact) mass is 471 g/mol. The number of benzene rings is 1. The first-order valence-corrected chi connectivity index (χ1v) is 10.7. The van der Waals surface area contributed by atoms with Gasteiger partial charge in [0.05, 0.1) is 48.9 Å². The standard InChI is InChI=1S/C21H19ClN6O3S/c1-27-20(30-2)16(11-24-21(27)31-3)13-4-6-15(7-5-13)28-12-14(25-26-28)10-23-19(29)17-8-9-18(22)32-17/h4-9,11-12H,10H2,1-3H3/p+1. The molecule has 9 nitrogen and oxygen atoms in total. The second-order valence-corrected chi connectivity index (χ2v) is 8.43. The number of carbonyl (C=O) groups excluding carboxylic acids is 1. The zero-order valence-electron chi connectivity index (χ0n) is 17.6. The molecule has 0 radical (unpaired) electrons. The molecule has 1 aromatic carbocycles. The molecule has 1 N–H and O–H groups in total. The van der Waals surface area contributed by atoms with Crippen molar-refractivity contribution in [1.29, 1.82) is 0 Å². The molecule has 164 valence electrons. The quantitative estimate of drug-likeness (QED) is 0.416. The van der Waals surface area contributed by atoms with Gasteiger partial charge in [0.15, 0.2) is 6.20 Å². The van der Waals surface area contributed by atoms with Crippen molar-refractivity contribution in [3.63, 3.8) is 0 Å². The number of methoxy groups -OCH3 is 2. The predicted molar refractivity (Wildman–Crippen MR) is 119 cm³/mol. The Labute approximate surface area is 193 Å². The van der Waals surface area contributed by atoms with E-state index in [0.717, 1.165) is 16.8 Å². The van der Waals surface area contributed by atoms with Crippen LogP contribution in [0.4, 0.5) is 0 Å². The van der Waals surface area contributed by atoms with Gasteiger partial charge in [-0.1, -0.05) is 28.9 Å². The van der Waals surface area contributed by atoms with Crippen LogP contribution in [0.3, 0.4) is 0 Å². The summed E-state index contributed by atoms with van der Waals surface area (Å²) in [6, 6.07) is 11.6. The Bertz CT molecular complexity index is 1250. The average molecular weight is 472 g/mol. The molecule has 0 spiro atoms. The van der Waals surface area contributed by atoms with E-state index in [1.807, 2.05) is 31.3 Å². The maximum absolute atomic E-state index is 12.2. The Morgan fingerprint density at radius 1 is 1.19 bits per heavy atom. The van der Waals surface area contributed by atoms with Crippen LogP contribution >= 0.6 is 22.9 Å². The van der Waals surface area contributed by atoms with Gasteiger partial charge in [-0.05, 0) is 34.8 Å². The van der Waals surface area contributed by atoms with E-state index in [-0.39, 0.29) is 12.5 Å². The fourth-order valence-electron chi connectivity index (χ4n) is 3.16. The van der Waals surface area contributed by atoms with E-state index in [0.29, 0.717) is 26.8 Å². The van der Waals surface area contributed by atoms with Crippen LogP contribution in [0.5, 0.6) is 11.9 Å². The van der Waals surface area contributed by atoms with Crippen LogP contribution < -0.4 is 19.4 Å². The van der Waals surface area contributed by atoms with E-state index in [4.69, 9.17) is 21.1 Å². The number of aromatic nitrogens is 5. The highest BCUT2D eigenvalue weighted by Gasteiger charge is 2.21. The second-order valence-electron chi connectivity index (χ2n) is 6.71. The molecule has 32 heavy (non-hydrogen) atoms. The molecule has 4 aromatic rings. The molecule has 4 rings (SSSR count). The minimum Gasteiger partial charge on any atom is -0.465 e. The third-order valence-electron chi connectivity index (χ3n) is 4.71. The molecular weight excluding hydrogens is 452 g/mol. The summed E-state index contributed by atoms with van der Waals surface area (Å²) < 4.78 is 14.7. The van der Waals surface area contributed by atoms with Crippen molar-refractivity contribution in [1.82, 2.24) is 25.3 Å². The summed E-state index contributed by atoms with van der Waals surface area (Å²) >= 11 is 7.11. The maximum Gasteiger partial charge on any atom is 0.500 e. The van der Waals surface area contributed by atoms with Gasteiger partial charge in [-0.3, -0.25) is 4.79 Å². The van der Waals surface area contributed by atoms with Crippen molar-refractivity contribution >= 4 is 28.8 Å². The van der Waals surface area contributed by atoms with Gasteiger partial charge >= 0.3 is 6.01 Å². The molecule has 0 saturated heterocycles. The Hall–Kier alpha value is -3.50. The van der Waals surface area contributed by atoms with Gasteiger partial charge < -0.3 is 14.8 Å². The van der Waals surface area contributed by atoms with Gasteiger partial charge in [0, 0.05) is 0 Å². The summed E-state index contributed by atoms with van der Waals surface area (Å²) in [5.41, 5.74) is 3.23. The molecule has 0 bridgehead atoms. The SMILES string of the molecule is COc1ncc(-c2ccc(-n3cc(CNC(=O)c4ccc(Cl)s4)nn3)cc2)c(OC)[n+]1C. The van der Waals surface area contributed by atoms with Crippen molar-refractivity contribution in [2.24, 2.45) is 7.05 Å². The van der Waals surface area contributed by atoms with Crippen molar-refractivity contribution in [2.45, 2.75) is 6.54 Å². The summed E-state index contributed by atoms with van der Waals surface area (Å²) in [5.74, 6) is 0.437. The van der Waals surface area contributed by atoms with E-state index >= 15 is 0 Å². The molecule has 0 unspecified atom stereocenters. The van der Waals surface area contributed by atoms with E-state index in [1.54, 1.807) is 48.0 Å². The Morgan fingerprint density at radius 3 is 2.62 bits per heavy atom. The largest absolute Gasteiger partial charge is 0.500 e. The molecule has 11 heteroatoms. The van der Waals surface area contributed by atoms with Crippen molar-refractivity contribution in [2.75, 3.05) is 14.2 Å². The van der Waals surface area contributed by atoms with Crippen molar-refractivity contribution < 1.29 is 18.8 Å². The topological polar surface area (TPSA) is 95.0 Å². The van der Waals surface area contributed by atoms with Crippen molar-refractivity contribution in [3.05, 3.63) is 63.7 Å². The molecule has 0 atom stereocenters. The van der Waals surface area contributed by atoms with Crippen molar-refractivity contribution in [3.8, 4) is 28.7 Å². The number of nitrogens with zero attached hydrogens (tertiary/aromatic N) is 5. The van der Waals surface area contributed by atoms with Crippen LogP contribution in [0, 0.1) is 0 Å². The van der Waals surface area contributed by atoms with Crippen LogP contribution in [0.25, 0.3) is 16.8 Å². The van der Waals surface area contributed by atoms with Gasteiger partial charge in [0.25, 0.3) is 11.8 Å². The average Bonchev–Trinajstić information content (AvgIpc) is 3.46. The third kappa shape index (κ3) is 4.41. The maximum atomic E-state index is 12.2. The number of carbonyl (C=O) groups is 1. The minimum atomic E-state index is -0.198. The first kappa shape index (κ1) is 21.7. The fraction of sp³-hybridized carbons (Fsp3) is 0.190. The van der Waals surface area contributed by atoms with Gasteiger partial charge in [0.1, 0.15) is 11.3 Å². The summed E-state index contributed by atoms with van der Waals surface area (Å²) in [6.07, 6.45) is 3.48. The highest BCUT2D eigenvalue weighted by molar-refractivity contribution is 7.17. The highest BCUT2D eigenvalue weighted by Crippen LogP contribution is 2.28. The van der Waals surface area contributed by atoms with Crippen LogP contribution in [-0.4, -0.2) is 40.1 Å². The normalized spacial score (nSPS) is 10.8. The number of thiophene rings is 1. The lowest BCUT2D eigenvalue weighted by Crippen LogP contribution is -2.34. The van der Waals surface area contributed by atoms with Crippen LogP contribution in [0.1, 0.15) is 15.4 Å². The van der Waals surface area contributed by atoms with Gasteiger partial charge in [-0.25, -0.2) is 4.68 Å². The Morgan fingerprint density at radius 2 is 1.97 bits per heavy atom. The molecule has 1 amide bonds. The summed E-state index contributed by atoms with van der Waals surface area (Å²) in [5, 5.41) is 11.1. The predicted octanol–water partition coefficient (Wildman–Crippen LogP) is 2.82. The molecule has 0 aliphatic rings. The molecule has 0 saturated carbocycles. The van der Waals surface area contributed by atoms with E-state index < -0.39 is 0 Å². The second kappa shape index (κ2) is 9.33. The molecule has 0 fully saturated rings. The first-order valence-electron chi connectivity index (χ1n) is 9.52. The third-order valence-corrected chi connectivity index (χ3v) is 5.94. The number of hydrogen-bond acceptors (Lipinski definition) is 7. The molecular formula is C21H20ClN6O3S+. The summed E-state index contributed by atoms with van der Waals surface area (Å²) in [6.45, 7) is 0.262. The number of rotatable bonds is 7. The zero-order valence-corrected chi connectivity index (χ0v) is 19.1. The fourth-order valence-corrected chi connectivity index (χ4v) is 4.12. The summed E-state index contributed by atoms with van der Waals surface area (Å²) in [7, 11) is 4.99. The highest BCUT2D eigenvalue weighted by atomic mass is 35.5. The smallest absolute Gasteiger partial charge is 0.465 e. The van der Waals surface area contributed by atoms with Gasteiger partial charge in [-0.15, -0.1) is 16.4 Å². The summed E-state index contributed by atoms with van der Waals surface area (Å²) in [4.78, 5) is 17.0. The Balaban J connectivity index is 1.48. The molecule has 3 aromatic heterocycles. The lowest BCUT2D eigenvalue weighted by Gasteiger charge is -2.09. The zero-order chi connectivity index (χ0) is 22.7. The van der Waals surface area contributed by atoms with E-state index in [9.17, 15) is 4.79 Å². The number of amides is 1.